The predicted octanol–water partition coefficient (Wildman–Crippen LogP) is 3.46. The second-order valence-corrected chi connectivity index (χ2v) is 10.2. The first-order valence-corrected chi connectivity index (χ1v) is 13.1. The zero-order valence-corrected chi connectivity index (χ0v) is 21.3. The lowest BCUT2D eigenvalue weighted by molar-refractivity contribution is -0.129. The van der Waals surface area contributed by atoms with Gasteiger partial charge in [0, 0.05) is 25.3 Å². The van der Waals surface area contributed by atoms with E-state index in [1.165, 1.54) is 11.1 Å². The molecule has 3 aliphatic heterocycles. The fraction of sp³-hybridized carbons (Fsp3) is 0.310. The van der Waals surface area contributed by atoms with Crippen LogP contribution in [-0.2, 0) is 11.3 Å². The van der Waals surface area contributed by atoms with E-state index < -0.39 is 0 Å². The van der Waals surface area contributed by atoms with Gasteiger partial charge in [0.15, 0.2) is 5.95 Å². The SMILES string of the molecule is CN1N[C@@H]2CCC[C@@H]2N=C(N)/C(=C(\NCc2ccc(C3C4C=CC=C(F)N43)cc2)Nc2ccccc2)C1=O. The molecule has 2 aromatic rings. The highest BCUT2D eigenvalue weighted by Gasteiger charge is 2.49. The van der Waals surface area contributed by atoms with E-state index in [0.29, 0.717) is 17.9 Å². The van der Waals surface area contributed by atoms with Crippen LogP contribution in [0.3, 0.4) is 0 Å². The first-order valence-electron chi connectivity index (χ1n) is 13.1. The number of nitrogens with two attached hydrogens (primary N) is 1. The highest BCUT2D eigenvalue weighted by molar-refractivity contribution is 6.21. The monoisotopic (exact) mass is 513 g/mol. The molecule has 0 radical (unpaired) electrons. The summed E-state index contributed by atoms with van der Waals surface area (Å²) in [6.07, 6.45) is 8.23. The third kappa shape index (κ3) is 4.65. The first-order chi connectivity index (χ1) is 18.5. The van der Waals surface area contributed by atoms with Crippen LogP contribution in [0, 0.1) is 0 Å². The molecule has 8 nitrogen and oxygen atoms in total. The molecule has 2 fully saturated rings. The summed E-state index contributed by atoms with van der Waals surface area (Å²) in [6.45, 7) is 0.453. The molecule has 4 aliphatic rings. The van der Waals surface area contributed by atoms with E-state index in [1.807, 2.05) is 60.7 Å². The third-order valence-electron chi connectivity index (χ3n) is 7.65. The Kier molecular flexibility index (Phi) is 6.37. The van der Waals surface area contributed by atoms with Crippen LogP contribution in [0.1, 0.15) is 36.4 Å². The van der Waals surface area contributed by atoms with Crippen molar-refractivity contribution in [2.75, 3.05) is 12.4 Å². The fourth-order valence-electron chi connectivity index (χ4n) is 5.61. The van der Waals surface area contributed by atoms with E-state index in [4.69, 9.17) is 10.7 Å². The quantitative estimate of drug-likeness (QED) is 0.268. The van der Waals surface area contributed by atoms with Gasteiger partial charge in [0.1, 0.15) is 17.2 Å². The number of carbonyl (C=O) groups excluding carboxylic acids is 1. The number of hydrazine groups is 1. The lowest BCUT2D eigenvalue weighted by atomic mass is 10.1. The van der Waals surface area contributed by atoms with Crippen molar-refractivity contribution in [1.82, 2.24) is 20.7 Å². The van der Waals surface area contributed by atoms with Crippen molar-refractivity contribution in [3.63, 3.8) is 0 Å². The standard InChI is InChI=1S/C29H32FN7O/c1-36-29(38)25(27(31)34-21-9-5-10-22(21)35-36)28(33-20-7-3-2-4-8-20)32-17-18-13-15-19(16-14-18)26-23-11-6-12-24(30)37(23)26/h2-4,6-8,11-16,21-23,26,32-33,35H,5,9-10,17H2,1H3,(H2,31,34)/b28-25-/t21-,22+,23?,26?,37?/m0/s1. The van der Waals surface area contributed by atoms with Crippen LogP contribution in [0.4, 0.5) is 10.1 Å². The number of nitrogens with one attached hydrogen (secondary N) is 3. The van der Waals surface area contributed by atoms with E-state index >= 15 is 0 Å². The molecule has 0 aromatic heterocycles. The summed E-state index contributed by atoms with van der Waals surface area (Å²) in [6, 6.07) is 18.0. The van der Waals surface area contributed by atoms with Crippen molar-refractivity contribution in [2.45, 2.75) is 50.0 Å². The highest BCUT2D eigenvalue weighted by atomic mass is 19.1. The molecular weight excluding hydrogens is 481 g/mol. The Bertz CT molecular complexity index is 1330. The maximum absolute atomic E-state index is 14.1. The number of amidine groups is 1. The van der Waals surface area contributed by atoms with Gasteiger partial charge in [-0.2, -0.15) is 4.39 Å². The number of aliphatic imine (C=N–C) groups is 1. The first kappa shape index (κ1) is 24.2. The number of allylic oxidation sites excluding steroid dienone is 2. The maximum atomic E-state index is 14.1. The van der Waals surface area contributed by atoms with Crippen LogP contribution >= 0.6 is 0 Å². The average molecular weight is 514 g/mol. The van der Waals surface area contributed by atoms with Gasteiger partial charge in [-0.1, -0.05) is 54.6 Å². The Balaban J connectivity index is 1.27. The summed E-state index contributed by atoms with van der Waals surface area (Å²) in [5, 5.41) is 8.29. The van der Waals surface area contributed by atoms with Gasteiger partial charge in [-0.3, -0.25) is 14.8 Å². The molecular formula is C29H32FN7O. The van der Waals surface area contributed by atoms with E-state index in [1.54, 1.807) is 18.0 Å². The third-order valence-corrected chi connectivity index (χ3v) is 7.65. The Morgan fingerprint density at radius 1 is 1.16 bits per heavy atom. The van der Waals surface area contributed by atoms with Crippen molar-refractivity contribution in [3.05, 3.63) is 101 Å². The summed E-state index contributed by atoms with van der Waals surface area (Å²) < 4.78 is 14.1. The van der Waals surface area contributed by atoms with Crippen molar-refractivity contribution >= 4 is 17.4 Å². The summed E-state index contributed by atoms with van der Waals surface area (Å²) in [5.41, 5.74) is 13.0. The normalized spacial score (nSPS) is 27.5. The number of hydrogen-bond donors (Lipinski definition) is 4. The van der Waals surface area contributed by atoms with Gasteiger partial charge in [-0.15, -0.1) is 0 Å². The van der Waals surface area contributed by atoms with Gasteiger partial charge in [0.2, 0.25) is 0 Å². The number of hydrogen-bond acceptors (Lipinski definition) is 7. The van der Waals surface area contributed by atoms with E-state index in [9.17, 15) is 9.18 Å². The number of carbonyl (C=O) groups is 1. The summed E-state index contributed by atoms with van der Waals surface area (Å²) in [7, 11) is 1.73. The second-order valence-electron chi connectivity index (χ2n) is 10.2. The van der Waals surface area contributed by atoms with E-state index in [0.717, 1.165) is 36.1 Å². The number of para-hydroxylation sites is 1. The minimum Gasteiger partial charge on any atom is -0.383 e. The van der Waals surface area contributed by atoms with Crippen molar-refractivity contribution in [1.29, 1.82) is 0 Å². The van der Waals surface area contributed by atoms with Crippen LogP contribution in [0.25, 0.3) is 0 Å². The molecule has 1 aliphatic carbocycles. The summed E-state index contributed by atoms with van der Waals surface area (Å²) in [4.78, 5) is 20.1. The molecule has 4 atom stereocenters. The van der Waals surface area contributed by atoms with Crippen molar-refractivity contribution in [3.8, 4) is 0 Å². The lowest BCUT2D eigenvalue weighted by Gasteiger charge is -2.30. The second kappa shape index (κ2) is 9.98. The van der Waals surface area contributed by atoms with Crippen LogP contribution in [0.5, 0.6) is 0 Å². The summed E-state index contributed by atoms with van der Waals surface area (Å²) in [5.74, 6) is 0.276. The molecule has 0 spiro atoms. The summed E-state index contributed by atoms with van der Waals surface area (Å²) >= 11 is 0. The minimum atomic E-state index is -0.258. The lowest BCUT2D eigenvalue weighted by Crippen LogP contribution is -2.52. The van der Waals surface area contributed by atoms with Crippen LogP contribution in [0.2, 0.25) is 0 Å². The molecule has 3 heterocycles. The molecule has 9 heteroatoms. The van der Waals surface area contributed by atoms with Gasteiger partial charge in [-0.05, 0) is 48.6 Å². The predicted molar refractivity (Wildman–Crippen MR) is 146 cm³/mol. The van der Waals surface area contributed by atoms with Crippen LogP contribution in [-0.4, -0.2) is 46.8 Å². The number of halogens is 1. The largest absolute Gasteiger partial charge is 0.383 e. The molecule has 2 unspecified atom stereocenters. The number of nitrogens with zero attached hydrogens (tertiary/aromatic N) is 3. The van der Waals surface area contributed by atoms with Gasteiger partial charge in [-0.25, -0.2) is 5.43 Å². The van der Waals surface area contributed by atoms with E-state index in [2.05, 4.69) is 16.1 Å². The number of anilines is 1. The molecule has 6 rings (SSSR count). The Labute approximate surface area is 221 Å². The Morgan fingerprint density at radius 3 is 2.71 bits per heavy atom. The topological polar surface area (TPSA) is 97.8 Å². The van der Waals surface area contributed by atoms with E-state index in [-0.39, 0.29) is 41.9 Å². The molecule has 2 aromatic carbocycles. The Hall–Kier alpha value is -4.11. The zero-order valence-electron chi connectivity index (χ0n) is 21.3. The number of rotatable bonds is 6. The van der Waals surface area contributed by atoms with Crippen molar-refractivity contribution in [2.24, 2.45) is 10.7 Å². The average Bonchev–Trinajstić information content (AvgIpc) is 3.53. The number of fused-ring (bicyclic) bond motifs is 2. The highest BCUT2D eigenvalue weighted by Crippen LogP contribution is 2.49. The van der Waals surface area contributed by atoms with Gasteiger partial charge in [0.05, 0.1) is 18.1 Å². The molecule has 196 valence electrons. The smallest absolute Gasteiger partial charge is 0.275 e. The van der Waals surface area contributed by atoms with Crippen LogP contribution in [0.15, 0.2) is 95.2 Å². The fourth-order valence-corrected chi connectivity index (χ4v) is 5.61. The van der Waals surface area contributed by atoms with Gasteiger partial charge >= 0.3 is 0 Å². The number of benzene rings is 2. The minimum absolute atomic E-state index is 0.0300. The zero-order chi connectivity index (χ0) is 26.2. The molecule has 1 saturated heterocycles. The van der Waals surface area contributed by atoms with Gasteiger partial charge in [0.25, 0.3) is 5.91 Å². The molecule has 1 amide bonds. The Morgan fingerprint density at radius 2 is 1.95 bits per heavy atom. The molecule has 38 heavy (non-hydrogen) atoms. The number of likely N-dealkylation sites (N-methyl/N-ethyl adjacent to an activating group) is 1. The maximum Gasteiger partial charge on any atom is 0.275 e. The molecule has 0 bridgehead atoms. The molecule has 1 saturated carbocycles. The van der Waals surface area contributed by atoms with Gasteiger partial charge < -0.3 is 21.3 Å². The van der Waals surface area contributed by atoms with Crippen LogP contribution < -0.4 is 21.8 Å². The number of amides is 1. The van der Waals surface area contributed by atoms with Crippen molar-refractivity contribution < 1.29 is 9.18 Å². The molecule has 5 N–H and O–H groups in total.